The van der Waals surface area contributed by atoms with Crippen LogP contribution < -0.4 is 5.73 Å². The first-order valence-corrected chi connectivity index (χ1v) is 7.54. The van der Waals surface area contributed by atoms with Crippen LogP contribution in [-0.2, 0) is 6.54 Å². The van der Waals surface area contributed by atoms with E-state index in [0.717, 1.165) is 18.3 Å². The zero-order valence-corrected chi connectivity index (χ0v) is 11.9. The van der Waals surface area contributed by atoms with Crippen molar-refractivity contribution < 1.29 is 0 Å². The number of aryl methyl sites for hydroxylation is 1. The van der Waals surface area contributed by atoms with Crippen LogP contribution in [0, 0.1) is 6.92 Å². The first-order valence-electron chi connectivity index (χ1n) is 7.54. The molecule has 1 aromatic rings. The molecule has 104 valence electrons. The Labute approximate surface area is 116 Å². The van der Waals surface area contributed by atoms with Gasteiger partial charge in [0.1, 0.15) is 0 Å². The Bertz CT molecular complexity index is 444. The molecule has 3 heteroatoms. The van der Waals surface area contributed by atoms with Gasteiger partial charge in [-0.25, -0.2) is 0 Å². The molecule has 1 unspecified atom stereocenters. The van der Waals surface area contributed by atoms with Gasteiger partial charge in [-0.15, -0.1) is 0 Å². The molecule has 1 aromatic carbocycles. The summed E-state index contributed by atoms with van der Waals surface area (Å²) in [6.45, 7) is 8.11. The Balaban J connectivity index is 1.62. The number of hydrogen-bond acceptors (Lipinski definition) is 3. The molecule has 0 aromatic heterocycles. The van der Waals surface area contributed by atoms with Crippen molar-refractivity contribution in [1.82, 2.24) is 9.80 Å². The third-order valence-corrected chi connectivity index (χ3v) is 4.67. The van der Waals surface area contributed by atoms with Gasteiger partial charge in [0.25, 0.3) is 0 Å². The first-order chi connectivity index (χ1) is 9.22. The van der Waals surface area contributed by atoms with E-state index in [-0.39, 0.29) is 0 Å². The average Bonchev–Trinajstić information content (AvgIpc) is 2.43. The van der Waals surface area contributed by atoms with Crippen LogP contribution in [0.25, 0.3) is 0 Å². The fourth-order valence-electron chi connectivity index (χ4n) is 3.41. The highest BCUT2D eigenvalue weighted by atomic mass is 15.3. The Morgan fingerprint density at radius 2 is 2.11 bits per heavy atom. The first kappa shape index (κ1) is 12.9. The number of nitrogens with zero attached hydrogens (tertiary/aromatic N) is 2. The maximum Gasteiger partial charge on any atom is 0.0346 e. The quantitative estimate of drug-likeness (QED) is 0.827. The summed E-state index contributed by atoms with van der Waals surface area (Å²) in [6.07, 6.45) is 4.18. The standard InChI is InChI=1S/C16H25N3/c1-13-5-6-14(10-16(13)17)11-18-8-9-19-7-3-2-4-15(19)12-18/h5-6,10,15H,2-4,7-9,11-12,17H2,1H3. The van der Waals surface area contributed by atoms with Gasteiger partial charge in [0.15, 0.2) is 0 Å². The molecule has 0 amide bonds. The molecule has 19 heavy (non-hydrogen) atoms. The topological polar surface area (TPSA) is 32.5 Å². The summed E-state index contributed by atoms with van der Waals surface area (Å²) in [4.78, 5) is 5.28. The van der Waals surface area contributed by atoms with Crippen molar-refractivity contribution >= 4 is 5.69 Å². The van der Waals surface area contributed by atoms with Gasteiger partial charge in [-0.2, -0.15) is 0 Å². The predicted octanol–water partition coefficient (Wildman–Crippen LogP) is 2.25. The molecule has 2 fully saturated rings. The van der Waals surface area contributed by atoms with Gasteiger partial charge in [0, 0.05) is 37.9 Å². The highest BCUT2D eigenvalue weighted by Gasteiger charge is 2.28. The van der Waals surface area contributed by atoms with Gasteiger partial charge in [0.05, 0.1) is 0 Å². The summed E-state index contributed by atoms with van der Waals surface area (Å²) < 4.78 is 0. The Hall–Kier alpha value is -1.06. The summed E-state index contributed by atoms with van der Waals surface area (Å²) in [7, 11) is 0. The molecule has 2 N–H and O–H groups in total. The van der Waals surface area contributed by atoms with Crippen LogP contribution in [0.2, 0.25) is 0 Å². The molecule has 3 rings (SSSR count). The van der Waals surface area contributed by atoms with Crippen molar-refractivity contribution in [3.05, 3.63) is 29.3 Å². The fraction of sp³-hybridized carbons (Fsp3) is 0.625. The van der Waals surface area contributed by atoms with Crippen LogP contribution in [0.15, 0.2) is 18.2 Å². The molecule has 2 heterocycles. The largest absolute Gasteiger partial charge is 0.399 e. The van der Waals surface area contributed by atoms with Crippen LogP contribution in [0.5, 0.6) is 0 Å². The smallest absolute Gasteiger partial charge is 0.0346 e. The molecule has 0 radical (unpaired) electrons. The van der Waals surface area contributed by atoms with Crippen LogP contribution >= 0.6 is 0 Å². The number of nitrogen functional groups attached to an aromatic ring is 1. The number of nitrogens with two attached hydrogens (primary N) is 1. The van der Waals surface area contributed by atoms with Crippen molar-refractivity contribution in [2.45, 2.75) is 38.8 Å². The molecular weight excluding hydrogens is 234 g/mol. The number of anilines is 1. The summed E-state index contributed by atoms with van der Waals surface area (Å²) in [6, 6.07) is 7.30. The van der Waals surface area contributed by atoms with Crippen molar-refractivity contribution in [3.63, 3.8) is 0 Å². The molecule has 0 aliphatic carbocycles. The molecule has 2 aliphatic heterocycles. The van der Waals surface area contributed by atoms with Crippen LogP contribution in [0.1, 0.15) is 30.4 Å². The Morgan fingerprint density at radius 1 is 1.21 bits per heavy atom. The van der Waals surface area contributed by atoms with Crippen molar-refractivity contribution in [2.24, 2.45) is 0 Å². The van der Waals surface area contributed by atoms with E-state index >= 15 is 0 Å². The lowest BCUT2D eigenvalue weighted by Gasteiger charge is -2.44. The lowest BCUT2D eigenvalue weighted by Crippen LogP contribution is -2.54. The zero-order chi connectivity index (χ0) is 13.2. The minimum atomic E-state index is 0.797. The van der Waals surface area contributed by atoms with E-state index in [4.69, 9.17) is 5.73 Å². The van der Waals surface area contributed by atoms with E-state index in [1.165, 1.54) is 56.6 Å². The molecule has 3 nitrogen and oxygen atoms in total. The third-order valence-electron chi connectivity index (χ3n) is 4.67. The van der Waals surface area contributed by atoms with Gasteiger partial charge in [-0.1, -0.05) is 18.6 Å². The van der Waals surface area contributed by atoms with Crippen molar-refractivity contribution in [3.8, 4) is 0 Å². The fourth-order valence-corrected chi connectivity index (χ4v) is 3.41. The summed E-state index contributed by atoms with van der Waals surface area (Å²) in [5.41, 5.74) is 9.47. The lowest BCUT2D eigenvalue weighted by atomic mass is 9.99. The number of rotatable bonds is 2. The molecular formula is C16H25N3. The summed E-state index contributed by atoms with van der Waals surface area (Å²) in [5, 5.41) is 0. The minimum absolute atomic E-state index is 0.797. The second kappa shape index (κ2) is 5.51. The van der Waals surface area contributed by atoms with Gasteiger partial charge in [0.2, 0.25) is 0 Å². The van der Waals surface area contributed by atoms with E-state index in [1.54, 1.807) is 0 Å². The lowest BCUT2D eigenvalue weighted by molar-refractivity contribution is 0.0457. The molecule has 0 saturated carbocycles. The average molecular weight is 259 g/mol. The monoisotopic (exact) mass is 259 g/mol. The second-order valence-electron chi connectivity index (χ2n) is 6.11. The number of piperazine rings is 1. The Morgan fingerprint density at radius 3 is 2.95 bits per heavy atom. The normalized spacial score (nSPS) is 25.2. The maximum absolute atomic E-state index is 6.01. The van der Waals surface area contributed by atoms with Crippen LogP contribution in [0.3, 0.4) is 0 Å². The van der Waals surface area contributed by atoms with Crippen molar-refractivity contribution in [2.75, 3.05) is 31.9 Å². The van der Waals surface area contributed by atoms with Crippen LogP contribution in [-0.4, -0.2) is 42.0 Å². The minimum Gasteiger partial charge on any atom is -0.399 e. The van der Waals surface area contributed by atoms with Crippen molar-refractivity contribution in [1.29, 1.82) is 0 Å². The van der Waals surface area contributed by atoms with E-state index in [9.17, 15) is 0 Å². The highest BCUT2D eigenvalue weighted by molar-refractivity contribution is 5.48. The highest BCUT2D eigenvalue weighted by Crippen LogP contribution is 2.22. The predicted molar refractivity (Wildman–Crippen MR) is 80.1 cm³/mol. The Kier molecular flexibility index (Phi) is 3.76. The van der Waals surface area contributed by atoms with Gasteiger partial charge >= 0.3 is 0 Å². The number of hydrogen-bond donors (Lipinski definition) is 1. The van der Waals surface area contributed by atoms with E-state index in [0.29, 0.717) is 0 Å². The summed E-state index contributed by atoms with van der Waals surface area (Å²) >= 11 is 0. The zero-order valence-electron chi connectivity index (χ0n) is 11.9. The SMILES string of the molecule is Cc1ccc(CN2CCN3CCCCC3C2)cc1N. The van der Waals surface area contributed by atoms with Gasteiger partial charge < -0.3 is 5.73 Å². The molecule has 0 spiro atoms. The van der Waals surface area contributed by atoms with E-state index in [1.807, 2.05) is 0 Å². The summed E-state index contributed by atoms with van der Waals surface area (Å²) in [5.74, 6) is 0. The van der Waals surface area contributed by atoms with E-state index < -0.39 is 0 Å². The number of benzene rings is 1. The second-order valence-corrected chi connectivity index (χ2v) is 6.11. The number of fused-ring (bicyclic) bond motifs is 1. The number of piperidine rings is 1. The molecule has 1 atom stereocenters. The molecule has 2 saturated heterocycles. The molecule has 0 bridgehead atoms. The third kappa shape index (κ3) is 2.93. The van der Waals surface area contributed by atoms with Crippen LogP contribution in [0.4, 0.5) is 5.69 Å². The van der Waals surface area contributed by atoms with Gasteiger partial charge in [-0.3, -0.25) is 9.80 Å². The maximum atomic E-state index is 6.01. The molecule has 2 aliphatic rings. The van der Waals surface area contributed by atoms with Gasteiger partial charge in [-0.05, 0) is 43.5 Å². The van der Waals surface area contributed by atoms with E-state index in [2.05, 4.69) is 34.9 Å².